The van der Waals surface area contributed by atoms with Crippen molar-refractivity contribution in [3.8, 4) is 6.07 Å². The van der Waals surface area contributed by atoms with Crippen molar-refractivity contribution in [2.45, 2.75) is 0 Å². The number of rotatable bonds is 0. The van der Waals surface area contributed by atoms with E-state index >= 15 is 0 Å². The maximum absolute atomic E-state index is 8.45. The zero-order valence-corrected chi connectivity index (χ0v) is 6.80. The van der Waals surface area contributed by atoms with E-state index in [1.807, 2.05) is 12.1 Å². The van der Waals surface area contributed by atoms with Crippen LogP contribution in [0.2, 0.25) is 0 Å². The molecule has 2 aromatic rings. The topological polar surface area (TPSA) is 65.4 Å². The number of H-pyrrole nitrogens is 1. The lowest BCUT2D eigenvalue weighted by Gasteiger charge is -1.86. The van der Waals surface area contributed by atoms with E-state index in [4.69, 9.17) is 5.26 Å². The van der Waals surface area contributed by atoms with Crippen LogP contribution >= 0.6 is 12.4 Å². The van der Waals surface area contributed by atoms with Gasteiger partial charge in [0.05, 0.1) is 0 Å². The van der Waals surface area contributed by atoms with Gasteiger partial charge in [-0.1, -0.05) is 0 Å². The first kappa shape index (κ1) is 8.50. The van der Waals surface area contributed by atoms with Crippen LogP contribution in [0.25, 0.3) is 11.0 Å². The number of fused-ring (bicyclic) bond motifs is 1. The smallest absolute Gasteiger partial charge is 0.234 e. The molecule has 0 unspecified atom stereocenters. The minimum atomic E-state index is 0. The molecule has 0 aliphatic heterocycles. The Morgan fingerprint density at radius 2 is 2.33 bits per heavy atom. The zero-order chi connectivity index (χ0) is 7.68. The quantitative estimate of drug-likeness (QED) is 0.664. The van der Waals surface area contributed by atoms with Gasteiger partial charge in [0.25, 0.3) is 0 Å². The predicted molar refractivity (Wildman–Crippen MR) is 45.9 cm³/mol. The molecular formula is C7H5ClN4. The Hall–Kier alpha value is -1.60. The molecule has 0 saturated carbocycles. The Kier molecular flexibility index (Phi) is 2.26. The van der Waals surface area contributed by atoms with Crippen molar-refractivity contribution in [2.24, 2.45) is 0 Å². The van der Waals surface area contributed by atoms with Crippen LogP contribution < -0.4 is 0 Å². The minimum Gasteiger partial charge on any atom is -0.346 e. The minimum absolute atomic E-state index is 0. The van der Waals surface area contributed by atoms with Crippen LogP contribution in [0.4, 0.5) is 0 Å². The summed E-state index contributed by atoms with van der Waals surface area (Å²) in [6.07, 6.45) is 3.39. The van der Waals surface area contributed by atoms with Gasteiger partial charge in [-0.25, -0.2) is 9.97 Å². The fourth-order valence-electron chi connectivity index (χ4n) is 0.893. The molecule has 1 N–H and O–H groups in total. The molecular weight excluding hydrogens is 176 g/mol. The molecule has 0 fully saturated rings. The van der Waals surface area contributed by atoms with Crippen molar-refractivity contribution in [2.75, 3.05) is 0 Å². The normalized spacial score (nSPS) is 8.92. The SMILES string of the molecule is Cl.N#Cc1ncc2cc[nH]c2n1. The summed E-state index contributed by atoms with van der Waals surface area (Å²) in [7, 11) is 0. The Balaban J connectivity index is 0.000000720. The molecule has 0 saturated heterocycles. The highest BCUT2D eigenvalue weighted by molar-refractivity contribution is 5.85. The van der Waals surface area contributed by atoms with Gasteiger partial charge in [0.2, 0.25) is 5.82 Å². The van der Waals surface area contributed by atoms with Gasteiger partial charge in [-0.2, -0.15) is 5.26 Å². The van der Waals surface area contributed by atoms with E-state index in [1.165, 1.54) is 0 Å². The second kappa shape index (κ2) is 3.20. The fourth-order valence-corrected chi connectivity index (χ4v) is 0.893. The van der Waals surface area contributed by atoms with Crippen LogP contribution in [0.15, 0.2) is 18.5 Å². The molecule has 2 rings (SSSR count). The van der Waals surface area contributed by atoms with Gasteiger partial charge >= 0.3 is 0 Å². The van der Waals surface area contributed by atoms with E-state index < -0.39 is 0 Å². The van der Waals surface area contributed by atoms with E-state index in [0.717, 1.165) is 5.39 Å². The summed E-state index contributed by atoms with van der Waals surface area (Å²) in [6, 6.07) is 3.72. The van der Waals surface area contributed by atoms with Crippen LogP contribution in [0, 0.1) is 11.3 Å². The molecule has 0 aliphatic carbocycles. The number of hydrogen-bond acceptors (Lipinski definition) is 3. The first-order valence-electron chi connectivity index (χ1n) is 3.10. The number of halogens is 1. The fraction of sp³-hybridized carbons (Fsp3) is 0. The largest absolute Gasteiger partial charge is 0.346 e. The summed E-state index contributed by atoms with van der Waals surface area (Å²) < 4.78 is 0. The summed E-state index contributed by atoms with van der Waals surface area (Å²) in [4.78, 5) is 10.6. The van der Waals surface area contributed by atoms with Gasteiger partial charge < -0.3 is 4.98 Å². The van der Waals surface area contributed by atoms with Crippen molar-refractivity contribution < 1.29 is 0 Å². The molecule has 12 heavy (non-hydrogen) atoms. The molecule has 0 spiro atoms. The Bertz CT molecular complexity index is 428. The molecule has 0 atom stereocenters. The highest BCUT2D eigenvalue weighted by Gasteiger charge is 1.97. The molecule has 0 amide bonds. The number of nitrogens with one attached hydrogen (secondary N) is 1. The average Bonchev–Trinajstić information content (AvgIpc) is 2.50. The zero-order valence-electron chi connectivity index (χ0n) is 5.98. The second-order valence-corrected chi connectivity index (χ2v) is 2.09. The standard InChI is InChI=1S/C7H4N4.ClH/c8-3-6-10-4-5-1-2-9-7(5)11-6;/h1-2,4H,(H,9,10,11);1H. The summed E-state index contributed by atoms with van der Waals surface area (Å²) >= 11 is 0. The van der Waals surface area contributed by atoms with Crippen molar-refractivity contribution in [1.82, 2.24) is 15.0 Å². The van der Waals surface area contributed by atoms with Gasteiger partial charge in [-0.15, -0.1) is 12.4 Å². The van der Waals surface area contributed by atoms with Crippen molar-refractivity contribution in [3.05, 3.63) is 24.3 Å². The van der Waals surface area contributed by atoms with E-state index in [2.05, 4.69) is 15.0 Å². The highest BCUT2D eigenvalue weighted by atomic mass is 35.5. The molecule has 0 aliphatic rings. The monoisotopic (exact) mass is 180 g/mol. The van der Waals surface area contributed by atoms with E-state index in [0.29, 0.717) is 5.65 Å². The molecule has 2 aromatic heterocycles. The molecule has 5 heteroatoms. The molecule has 0 aromatic carbocycles. The Morgan fingerprint density at radius 1 is 1.50 bits per heavy atom. The summed E-state index contributed by atoms with van der Waals surface area (Å²) in [5.41, 5.74) is 0.705. The summed E-state index contributed by atoms with van der Waals surface area (Å²) in [5, 5.41) is 9.37. The second-order valence-electron chi connectivity index (χ2n) is 2.09. The van der Waals surface area contributed by atoms with Crippen molar-refractivity contribution in [1.29, 1.82) is 5.26 Å². The highest BCUT2D eigenvalue weighted by Crippen LogP contribution is 2.06. The number of nitrogens with zero attached hydrogens (tertiary/aromatic N) is 3. The third kappa shape index (κ3) is 1.22. The number of aromatic nitrogens is 3. The van der Waals surface area contributed by atoms with Gasteiger partial charge in [-0.05, 0) is 6.07 Å². The van der Waals surface area contributed by atoms with Gasteiger partial charge in [0.15, 0.2) is 0 Å². The van der Waals surface area contributed by atoms with Crippen LogP contribution in [0.1, 0.15) is 5.82 Å². The lowest BCUT2D eigenvalue weighted by Crippen LogP contribution is -1.86. The average molecular weight is 181 g/mol. The van der Waals surface area contributed by atoms with Gasteiger partial charge in [0.1, 0.15) is 11.7 Å². The number of nitriles is 1. The number of aromatic amines is 1. The van der Waals surface area contributed by atoms with Crippen LogP contribution in [0.5, 0.6) is 0 Å². The lowest BCUT2D eigenvalue weighted by molar-refractivity contribution is 1.14. The third-order valence-electron chi connectivity index (χ3n) is 1.40. The summed E-state index contributed by atoms with van der Waals surface area (Å²) in [5.74, 6) is 0.194. The van der Waals surface area contributed by atoms with E-state index in [9.17, 15) is 0 Å². The van der Waals surface area contributed by atoms with Crippen LogP contribution in [0.3, 0.4) is 0 Å². The van der Waals surface area contributed by atoms with Crippen molar-refractivity contribution >= 4 is 23.4 Å². The molecule has 60 valence electrons. The van der Waals surface area contributed by atoms with E-state index in [-0.39, 0.29) is 18.2 Å². The van der Waals surface area contributed by atoms with E-state index in [1.54, 1.807) is 12.4 Å². The Labute approximate surface area is 74.7 Å². The van der Waals surface area contributed by atoms with Crippen LogP contribution in [-0.2, 0) is 0 Å². The van der Waals surface area contributed by atoms with Gasteiger partial charge in [-0.3, -0.25) is 0 Å². The molecule has 2 heterocycles. The summed E-state index contributed by atoms with van der Waals surface area (Å²) in [6.45, 7) is 0. The predicted octanol–water partition coefficient (Wildman–Crippen LogP) is 1.25. The van der Waals surface area contributed by atoms with Crippen molar-refractivity contribution in [3.63, 3.8) is 0 Å². The number of hydrogen-bond donors (Lipinski definition) is 1. The van der Waals surface area contributed by atoms with Crippen LogP contribution in [-0.4, -0.2) is 15.0 Å². The molecule has 0 radical (unpaired) electrons. The first-order valence-corrected chi connectivity index (χ1v) is 3.10. The Morgan fingerprint density at radius 3 is 3.08 bits per heavy atom. The molecule has 0 bridgehead atoms. The lowest BCUT2D eigenvalue weighted by atomic mass is 10.4. The maximum atomic E-state index is 8.45. The third-order valence-corrected chi connectivity index (χ3v) is 1.40. The maximum Gasteiger partial charge on any atom is 0.234 e. The first-order chi connectivity index (χ1) is 5.40. The van der Waals surface area contributed by atoms with Gasteiger partial charge in [0, 0.05) is 17.8 Å². The molecule has 4 nitrogen and oxygen atoms in total.